The number of benzene rings is 1. The summed E-state index contributed by atoms with van der Waals surface area (Å²) in [5, 5.41) is 17.3. The van der Waals surface area contributed by atoms with Crippen molar-refractivity contribution < 1.29 is 23.0 Å². The number of fused-ring (bicyclic) bond motifs is 4. The number of pyridine rings is 1. The Bertz CT molecular complexity index is 1920. The van der Waals surface area contributed by atoms with Crippen LogP contribution < -0.4 is 4.74 Å². The third-order valence-electron chi connectivity index (χ3n) is 8.96. The second-order valence-electron chi connectivity index (χ2n) is 11.5. The predicted molar refractivity (Wildman–Crippen MR) is 156 cm³/mol. The lowest BCUT2D eigenvalue weighted by Crippen LogP contribution is -2.34. The van der Waals surface area contributed by atoms with Gasteiger partial charge in [-0.15, -0.1) is 0 Å². The van der Waals surface area contributed by atoms with Crippen molar-refractivity contribution in [2.24, 2.45) is 7.05 Å². The van der Waals surface area contributed by atoms with E-state index in [0.717, 1.165) is 17.7 Å². The number of ether oxygens (including phenoxy) is 1. The van der Waals surface area contributed by atoms with Gasteiger partial charge >= 0.3 is 6.18 Å². The van der Waals surface area contributed by atoms with Gasteiger partial charge in [-0.3, -0.25) is 14.1 Å². The van der Waals surface area contributed by atoms with Crippen molar-refractivity contribution in [1.29, 1.82) is 0 Å². The highest BCUT2D eigenvalue weighted by molar-refractivity contribution is 6.36. The van der Waals surface area contributed by atoms with E-state index in [1.54, 1.807) is 13.3 Å². The minimum Gasteiger partial charge on any atom is -0.481 e. The highest BCUT2D eigenvalue weighted by Crippen LogP contribution is 2.47. The Kier molecular flexibility index (Phi) is 6.58. The summed E-state index contributed by atoms with van der Waals surface area (Å²) in [4.78, 5) is 16.1. The molecule has 0 aliphatic carbocycles. The van der Waals surface area contributed by atoms with E-state index in [-0.39, 0.29) is 6.04 Å². The average Bonchev–Trinajstić information content (AvgIpc) is 3.76. The Morgan fingerprint density at radius 2 is 1.86 bits per heavy atom. The number of piperidine rings is 1. The average molecular weight is 627 g/mol. The molecule has 230 valence electrons. The van der Waals surface area contributed by atoms with Crippen LogP contribution in [-0.2, 0) is 25.4 Å². The Morgan fingerprint density at radius 3 is 2.55 bits per heavy atom. The van der Waals surface area contributed by atoms with Gasteiger partial charge in [0.15, 0.2) is 17.1 Å². The van der Waals surface area contributed by atoms with Crippen molar-refractivity contribution in [1.82, 2.24) is 38.8 Å². The Balaban J connectivity index is 1.21. The lowest BCUT2D eigenvalue weighted by molar-refractivity contribution is -0.141. The molecule has 44 heavy (non-hydrogen) atoms. The van der Waals surface area contributed by atoms with E-state index in [2.05, 4.69) is 15.0 Å². The van der Waals surface area contributed by atoms with Gasteiger partial charge < -0.3 is 14.4 Å². The molecule has 0 saturated carbocycles. The molecule has 5 aromatic rings. The van der Waals surface area contributed by atoms with E-state index < -0.39 is 17.5 Å². The first kappa shape index (κ1) is 28.8. The molecular formula is C30H30ClF3N8O2. The summed E-state index contributed by atoms with van der Waals surface area (Å²) in [6.07, 6.45) is -0.120. The normalized spacial score (nSPS) is 19.1. The van der Waals surface area contributed by atoms with Crippen molar-refractivity contribution in [3.05, 3.63) is 81.5 Å². The molecule has 7 rings (SSSR count). The van der Waals surface area contributed by atoms with Crippen LogP contribution in [0, 0.1) is 13.8 Å². The molecule has 0 spiro atoms. The first-order chi connectivity index (χ1) is 20.9. The number of aliphatic hydroxyl groups is 1. The van der Waals surface area contributed by atoms with Crippen molar-refractivity contribution in [3.63, 3.8) is 0 Å². The Labute approximate surface area is 255 Å². The summed E-state index contributed by atoms with van der Waals surface area (Å²) < 4.78 is 50.0. The summed E-state index contributed by atoms with van der Waals surface area (Å²) in [5.74, 6) is 2.53. The maximum atomic E-state index is 13.0. The molecule has 1 aromatic carbocycles. The van der Waals surface area contributed by atoms with Crippen LogP contribution in [0.5, 0.6) is 5.88 Å². The lowest BCUT2D eigenvalue weighted by atomic mass is 9.88. The smallest absolute Gasteiger partial charge is 0.435 e. The minimum atomic E-state index is -4.46. The molecule has 2 aliphatic rings. The SMILES string of the molecule is COc1nc2ccc(C3(O)c4c(nc(C)n4C)-n4c3cnc4C)cc2c(Cl)c1CN1CCC(n2ccc(C(F)(F)F)n2)CC1. The molecular weight excluding hydrogens is 597 g/mol. The number of nitrogens with zero attached hydrogens (tertiary/aromatic N) is 8. The van der Waals surface area contributed by atoms with Crippen LogP contribution in [0.25, 0.3) is 16.7 Å². The van der Waals surface area contributed by atoms with E-state index in [9.17, 15) is 18.3 Å². The molecule has 4 aromatic heterocycles. The number of halogens is 4. The van der Waals surface area contributed by atoms with Crippen molar-refractivity contribution in [2.45, 2.75) is 51.1 Å². The van der Waals surface area contributed by atoms with E-state index in [1.807, 2.05) is 48.2 Å². The molecule has 1 unspecified atom stereocenters. The molecule has 1 fully saturated rings. The summed E-state index contributed by atoms with van der Waals surface area (Å²) in [7, 11) is 3.42. The molecule has 0 bridgehead atoms. The fourth-order valence-corrected chi connectivity index (χ4v) is 6.85. The number of rotatable bonds is 5. The van der Waals surface area contributed by atoms with E-state index in [1.165, 1.54) is 10.9 Å². The molecule has 6 heterocycles. The number of aromatic nitrogens is 7. The molecule has 1 N–H and O–H groups in total. The zero-order chi connectivity index (χ0) is 31.1. The largest absolute Gasteiger partial charge is 0.481 e. The van der Waals surface area contributed by atoms with Crippen LogP contribution in [0.1, 0.15) is 58.7 Å². The number of methoxy groups -OCH3 is 1. The molecule has 1 atom stereocenters. The predicted octanol–water partition coefficient (Wildman–Crippen LogP) is 5.08. The summed E-state index contributed by atoms with van der Waals surface area (Å²) in [6, 6.07) is 6.40. The van der Waals surface area contributed by atoms with Crippen molar-refractivity contribution >= 4 is 22.5 Å². The fourth-order valence-electron chi connectivity index (χ4n) is 6.56. The molecule has 1 saturated heterocycles. The van der Waals surface area contributed by atoms with Crippen LogP contribution in [-0.4, -0.2) is 64.1 Å². The first-order valence-electron chi connectivity index (χ1n) is 14.2. The number of hydrogen-bond donors (Lipinski definition) is 1. The highest BCUT2D eigenvalue weighted by Gasteiger charge is 2.49. The molecule has 14 heteroatoms. The quantitative estimate of drug-likeness (QED) is 0.290. The first-order valence-corrected chi connectivity index (χ1v) is 14.6. The Hall–Kier alpha value is -3.94. The fraction of sp³-hybridized carbons (Fsp3) is 0.400. The zero-order valence-electron chi connectivity index (χ0n) is 24.5. The summed E-state index contributed by atoms with van der Waals surface area (Å²) >= 11 is 7.09. The highest BCUT2D eigenvalue weighted by atomic mass is 35.5. The standard InChI is InChI=1S/C30H30ClF3N8O2/c1-16-35-14-24-29(43,26-27(42(16)24)36-17(2)39(26)3)18-5-6-22-20(13-18)25(31)21(28(37-22)44-4)15-40-10-7-19(8-11-40)41-12-9-23(38-41)30(32,33)34/h5-6,9,12-14,19,43H,7-8,10-11,15H2,1-4H3. The van der Waals surface area contributed by atoms with E-state index in [0.29, 0.717) is 82.6 Å². The summed E-state index contributed by atoms with van der Waals surface area (Å²) in [5.41, 5.74) is 0.764. The monoisotopic (exact) mass is 626 g/mol. The van der Waals surface area contributed by atoms with Crippen LogP contribution in [0.2, 0.25) is 5.02 Å². The zero-order valence-corrected chi connectivity index (χ0v) is 25.3. The number of hydrogen-bond acceptors (Lipinski definition) is 7. The molecule has 0 amide bonds. The second-order valence-corrected chi connectivity index (χ2v) is 11.8. The maximum absolute atomic E-state index is 13.0. The minimum absolute atomic E-state index is 0.123. The van der Waals surface area contributed by atoms with E-state index in [4.69, 9.17) is 26.3 Å². The number of likely N-dealkylation sites (tertiary alicyclic amines) is 1. The number of aryl methyl sites for hydroxylation is 2. The van der Waals surface area contributed by atoms with Crippen LogP contribution in [0.3, 0.4) is 0 Å². The Morgan fingerprint density at radius 1 is 1.11 bits per heavy atom. The van der Waals surface area contributed by atoms with Crippen molar-refractivity contribution in [3.8, 4) is 11.7 Å². The maximum Gasteiger partial charge on any atom is 0.435 e. The summed E-state index contributed by atoms with van der Waals surface area (Å²) in [6.45, 7) is 5.48. The van der Waals surface area contributed by atoms with Gasteiger partial charge in [0.1, 0.15) is 17.3 Å². The van der Waals surface area contributed by atoms with E-state index >= 15 is 0 Å². The van der Waals surface area contributed by atoms with Gasteiger partial charge in [0, 0.05) is 43.8 Å². The van der Waals surface area contributed by atoms with Gasteiger partial charge in [-0.05, 0) is 50.5 Å². The molecule has 10 nitrogen and oxygen atoms in total. The number of imidazole rings is 2. The van der Waals surface area contributed by atoms with Crippen LogP contribution in [0.4, 0.5) is 13.2 Å². The second kappa shape index (κ2) is 10.0. The molecule has 2 aliphatic heterocycles. The lowest BCUT2D eigenvalue weighted by Gasteiger charge is -2.32. The van der Waals surface area contributed by atoms with Gasteiger partial charge in [0.05, 0.1) is 35.6 Å². The van der Waals surface area contributed by atoms with Gasteiger partial charge in [-0.25, -0.2) is 15.0 Å². The van der Waals surface area contributed by atoms with Gasteiger partial charge in [-0.1, -0.05) is 17.7 Å². The van der Waals surface area contributed by atoms with Crippen molar-refractivity contribution in [2.75, 3.05) is 20.2 Å². The van der Waals surface area contributed by atoms with Gasteiger partial charge in [0.25, 0.3) is 0 Å². The van der Waals surface area contributed by atoms with Gasteiger partial charge in [-0.2, -0.15) is 18.3 Å². The van der Waals surface area contributed by atoms with Crippen LogP contribution >= 0.6 is 11.6 Å². The van der Waals surface area contributed by atoms with Crippen LogP contribution in [0.15, 0.2) is 36.7 Å². The third kappa shape index (κ3) is 4.24. The molecule has 0 radical (unpaired) electrons. The van der Waals surface area contributed by atoms with Gasteiger partial charge in [0.2, 0.25) is 5.88 Å². The number of alkyl halides is 3. The topological polar surface area (TPSA) is 99.0 Å². The third-order valence-corrected chi connectivity index (χ3v) is 9.40.